The topological polar surface area (TPSA) is 74.7 Å². The Kier molecular flexibility index (Phi) is 4.55. The van der Waals surface area contributed by atoms with E-state index in [9.17, 15) is 19.5 Å². The fourth-order valence-corrected chi connectivity index (χ4v) is 4.40. The van der Waals surface area contributed by atoms with E-state index < -0.39 is 12.0 Å². The molecule has 1 atom stereocenters. The summed E-state index contributed by atoms with van der Waals surface area (Å²) >= 11 is 13.3. The smallest absolute Gasteiger partial charge is 0.307 e. The van der Waals surface area contributed by atoms with Crippen molar-refractivity contribution in [2.45, 2.75) is 32.2 Å². The number of hydrogen-bond donors (Lipinski definition) is 1. The van der Waals surface area contributed by atoms with Crippen molar-refractivity contribution < 1.29 is 19.5 Å². The standard InChI is InChI=1S/C16H13Cl2NO4S/c1-7-9(5-13(21)22)14-10(2-3-11(20)15(14)18)19(7)16(23)8-4-12(17)24-6-8/h4,6,10H,2-3,5H2,1H3,(H,21,22). The van der Waals surface area contributed by atoms with E-state index >= 15 is 0 Å². The molecule has 1 aromatic rings. The average Bonchev–Trinajstić information content (AvgIpc) is 3.05. The monoisotopic (exact) mass is 385 g/mol. The number of aliphatic carboxylic acids is 1. The molecule has 0 saturated carbocycles. The van der Waals surface area contributed by atoms with Gasteiger partial charge in [-0.15, -0.1) is 11.3 Å². The van der Waals surface area contributed by atoms with Crippen molar-refractivity contribution in [3.05, 3.63) is 43.2 Å². The van der Waals surface area contributed by atoms with Crippen LogP contribution in [0.4, 0.5) is 0 Å². The Hall–Kier alpha value is -1.63. The highest BCUT2D eigenvalue weighted by molar-refractivity contribution is 7.14. The molecule has 0 fully saturated rings. The second-order valence-corrected chi connectivity index (χ2v) is 7.57. The number of ketones is 1. The summed E-state index contributed by atoms with van der Waals surface area (Å²) in [6, 6.07) is 1.17. The van der Waals surface area contributed by atoms with Gasteiger partial charge in [0.05, 0.1) is 27.4 Å². The van der Waals surface area contributed by atoms with Crippen LogP contribution in [0.15, 0.2) is 33.3 Å². The molecule has 1 N–H and O–H groups in total. The number of allylic oxidation sites excluding steroid dienone is 2. The average molecular weight is 386 g/mol. The van der Waals surface area contributed by atoms with Gasteiger partial charge in [-0.05, 0) is 25.0 Å². The maximum atomic E-state index is 12.9. The van der Waals surface area contributed by atoms with Gasteiger partial charge in [0, 0.05) is 23.1 Å². The van der Waals surface area contributed by atoms with Crippen molar-refractivity contribution in [3.63, 3.8) is 0 Å². The van der Waals surface area contributed by atoms with Gasteiger partial charge in [0.1, 0.15) is 0 Å². The summed E-state index contributed by atoms with van der Waals surface area (Å²) in [7, 11) is 0. The van der Waals surface area contributed by atoms with Gasteiger partial charge in [0.15, 0.2) is 5.78 Å². The highest BCUT2D eigenvalue weighted by atomic mass is 35.5. The lowest BCUT2D eigenvalue weighted by atomic mass is 9.89. The SMILES string of the molecule is CC1=C(CC(=O)O)C2=C(Cl)C(=O)CCC2N1C(=O)c1csc(Cl)c1. The molecule has 1 aliphatic carbocycles. The van der Waals surface area contributed by atoms with Crippen LogP contribution in [0.3, 0.4) is 0 Å². The third-order valence-electron chi connectivity index (χ3n) is 4.26. The number of thiophene rings is 1. The Labute approximate surface area is 152 Å². The van der Waals surface area contributed by atoms with Gasteiger partial charge < -0.3 is 10.0 Å². The first-order valence-corrected chi connectivity index (χ1v) is 8.87. The number of rotatable bonds is 3. The third-order valence-corrected chi connectivity index (χ3v) is 5.76. The summed E-state index contributed by atoms with van der Waals surface area (Å²) in [5, 5.41) is 10.9. The van der Waals surface area contributed by atoms with Crippen molar-refractivity contribution in [3.8, 4) is 0 Å². The van der Waals surface area contributed by atoms with Crippen LogP contribution in [0.25, 0.3) is 0 Å². The van der Waals surface area contributed by atoms with E-state index in [1.807, 2.05) is 0 Å². The molecule has 1 aromatic heterocycles. The maximum Gasteiger partial charge on any atom is 0.307 e. The zero-order valence-electron chi connectivity index (χ0n) is 12.6. The number of hydrogen-bond acceptors (Lipinski definition) is 4. The first kappa shape index (κ1) is 17.2. The highest BCUT2D eigenvalue weighted by Gasteiger charge is 2.43. The molecule has 1 unspecified atom stereocenters. The number of carbonyl (C=O) groups excluding carboxylic acids is 2. The summed E-state index contributed by atoms with van der Waals surface area (Å²) in [4.78, 5) is 37.6. The predicted octanol–water partition coefficient (Wildman–Crippen LogP) is 3.83. The normalized spacial score (nSPS) is 20.7. The Morgan fingerprint density at radius 1 is 1.42 bits per heavy atom. The van der Waals surface area contributed by atoms with Crippen LogP contribution < -0.4 is 0 Å². The highest BCUT2D eigenvalue weighted by Crippen LogP contribution is 2.44. The Balaban J connectivity index is 2.10. The fraction of sp³-hybridized carbons (Fsp3) is 0.312. The predicted molar refractivity (Wildman–Crippen MR) is 91.4 cm³/mol. The van der Waals surface area contributed by atoms with Gasteiger partial charge in [0.25, 0.3) is 5.91 Å². The van der Waals surface area contributed by atoms with Crippen molar-refractivity contribution in [1.82, 2.24) is 4.90 Å². The van der Waals surface area contributed by atoms with E-state index in [1.54, 1.807) is 23.3 Å². The van der Waals surface area contributed by atoms with E-state index in [1.165, 1.54) is 11.3 Å². The molecular formula is C16H13Cl2NO4S. The second kappa shape index (κ2) is 6.35. The molecule has 0 saturated heterocycles. The largest absolute Gasteiger partial charge is 0.481 e. The van der Waals surface area contributed by atoms with Crippen LogP contribution in [0.1, 0.15) is 36.5 Å². The van der Waals surface area contributed by atoms with E-state index in [4.69, 9.17) is 23.2 Å². The summed E-state index contributed by atoms with van der Waals surface area (Å²) in [6.07, 6.45) is 0.374. The summed E-state index contributed by atoms with van der Waals surface area (Å²) < 4.78 is 0.498. The number of amides is 1. The summed E-state index contributed by atoms with van der Waals surface area (Å²) in [6.45, 7) is 1.68. The van der Waals surface area contributed by atoms with Gasteiger partial charge in [-0.25, -0.2) is 0 Å². The number of nitrogens with zero attached hydrogens (tertiary/aromatic N) is 1. The first-order valence-electron chi connectivity index (χ1n) is 7.23. The van der Waals surface area contributed by atoms with Gasteiger partial charge in [-0.1, -0.05) is 23.2 Å². The number of carboxylic acids is 1. The Morgan fingerprint density at radius 2 is 2.12 bits per heavy atom. The molecule has 0 radical (unpaired) electrons. The molecule has 0 spiro atoms. The number of carboxylic acid groups (broad SMARTS) is 1. The number of carbonyl (C=O) groups is 3. The summed E-state index contributed by atoms with van der Waals surface area (Å²) in [5.74, 6) is -1.52. The van der Waals surface area contributed by atoms with Gasteiger partial charge >= 0.3 is 5.97 Å². The minimum atomic E-state index is -1.04. The molecule has 24 heavy (non-hydrogen) atoms. The number of halogens is 2. The number of Topliss-reactive ketones (excluding diaryl/α,β-unsaturated/α-hetero) is 1. The third kappa shape index (κ3) is 2.79. The minimum Gasteiger partial charge on any atom is -0.481 e. The van der Waals surface area contributed by atoms with E-state index in [-0.39, 0.29) is 29.6 Å². The molecule has 0 aromatic carbocycles. The minimum absolute atomic E-state index is 0.0421. The second-order valence-electron chi connectivity index (χ2n) is 5.65. The van der Waals surface area contributed by atoms with Crippen LogP contribution in [0, 0.1) is 0 Å². The lowest BCUT2D eigenvalue weighted by Gasteiger charge is -2.29. The molecule has 2 aliphatic rings. The summed E-state index contributed by atoms with van der Waals surface area (Å²) in [5.41, 5.74) is 1.88. The molecule has 3 rings (SSSR count). The molecule has 1 amide bonds. The Morgan fingerprint density at radius 3 is 2.71 bits per heavy atom. The quantitative estimate of drug-likeness (QED) is 0.857. The zero-order valence-corrected chi connectivity index (χ0v) is 15.0. The van der Waals surface area contributed by atoms with Crippen molar-refractivity contribution in [1.29, 1.82) is 0 Å². The van der Waals surface area contributed by atoms with Crippen LogP contribution in [-0.4, -0.2) is 33.7 Å². The fourth-order valence-electron chi connectivity index (χ4n) is 3.21. The molecule has 0 bridgehead atoms. The van der Waals surface area contributed by atoms with Crippen LogP contribution in [0.5, 0.6) is 0 Å². The van der Waals surface area contributed by atoms with Crippen LogP contribution >= 0.6 is 34.5 Å². The van der Waals surface area contributed by atoms with Crippen LogP contribution in [-0.2, 0) is 9.59 Å². The van der Waals surface area contributed by atoms with E-state index in [0.29, 0.717) is 33.2 Å². The first-order chi connectivity index (χ1) is 11.3. The molecule has 8 heteroatoms. The molecule has 126 valence electrons. The van der Waals surface area contributed by atoms with Gasteiger partial charge in [-0.2, -0.15) is 0 Å². The molecule has 5 nitrogen and oxygen atoms in total. The van der Waals surface area contributed by atoms with Gasteiger partial charge in [0.2, 0.25) is 0 Å². The zero-order chi connectivity index (χ0) is 17.6. The van der Waals surface area contributed by atoms with E-state index in [0.717, 1.165) is 0 Å². The number of fused-ring (bicyclic) bond motifs is 1. The van der Waals surface area contributed by atoms with E-state index in [2.05, 4.69) is 0 Å². The van der Waals surface area contributed by atoms with Crippen molar-refractivity contribution in [2.24, 2.45) is 0 Å². The lowest BCUT2D eigenvalue weighted by Crippen LogP contribution is -2.38. The Bertz CT molecular complexity index is 824. The van der Waals surface area contributed by atoms with Crippen molar-refractivity contribution in [2.75, 3.05) is 0 Å². The maximum absolute atomic E-state index is 12.9. The van der Waals surface area contributed by atoms with Crippen LogP contribution in [0.2, 0.25) is 4.34 Å². The molecule has 1 aliphatic heterocycles. The molecule has 2 heterocycles. The lowest BCUT2D eigenvalue weighted by molar-refractivity contribution is -0.136. The molecular weight excluding hydrogens is 373 g/mol. The van der Waals surface area contributed by atoms with Crippen molar-refractivity contribution >= 4 is 52.2 Å². The van der Waals surface area contributed by atoms with Gasteiger partial charge in [-0.3, -0.25) is 14.4 Å².